The van der Waals surface area contributed by atoms with Crippen LogP contribution in [0.15, 0.2) is 27.5 Å². The third-order valence-corrected chi connectivity index (χ3v) is 5.43. The number of nitrogens with one attached hydrogen (secondary N) is 1. The van der Waals surface area contributed by atoms with Gasteiger partial charge in [0.1, 0.15) is 5.82 Å². The van der Waals surface area contributed by atoms with Crippen molar-refractivity contribution in [3.05, 3.63) is 38.9 Å². The Labute approximate surface area is 157 Å². The Bertz CT molecular complexity index is 781. The van der Waals surface area contributed by atoms with Crippen LogP contribution < -0.4 is 10.9 Å². The van der Waals surface area contributed by atoms with Gasteiger partial charge in [-0.1, -0.05) is 29.3 Å². The molecule has 2 aromatic rings. The van der Waals surface area contributed by atoms with Gasteiger partial charge < -0.3 is 5.32 Å². The molecule has 3 rings (SSSR count). The summed E-state index contributed by atoms with van der Waals surface area (Å²) in [5, 5.41) is 4.15. The van der Waals surface area contributed by atoms with Crippen molar-refractivity contribution in [1.29, 1.82) is 0 Å². The highest BCUT2D eigenvalue weighted by molar-refractivity contribution is 9.10. The van der Waals surface area contributed by atoms with Gasteiger partial charge in [0.05, 0.1) is 16.9 Å². The van der Waals surface area contributed by atoms with Gasteiger partial charge in [0, 0.05) is 30.7 Å². The zero-order chi connectivity index (χ0) is 17.8. The molecule has 25 heavy (non-hydrogen) atoms. The second-order valence-corrected chi connectivity index (χ2v) is 7.54. The maximum absolute atomic E-state index is 13.1. The molecule has 5 nitrogen and oxygen atoms in total. The number of fused-ring (bicyclic) bond motifs is 1. The van der Waals surface area contributed by atoms with Crippen LogP contribution >= 0.6 is 15.9 Å². The molecule has 0 saturated carbocycles. The van der Waals surface area contributed by atoms with E-state index in [-0.39, 0.29) is 11.6 Å². The summed E-state index contributed by atoms with van der Waals surface area (Å²) in [6.07, 6.45) is 3.23. The van der Waals surface area contributed by atoms with Gasteiger partial charge in [-0.15, -0.1) is 0 Å². The van der Waals surface area contributed by atoms with Crippen LogP contribution in [0.2, 0.25) is 0 Å². The molecule has 1 atom stereocenters. The smallest absolute Gasteiger partial charge is 0.261 e. The number of aromatic nitrogens is 2. The summed E-state index contributed by atoms with van der Waals surface area (Å²) in [7, 11) is 0. The summed E-state index contributed by atoms with van der Waals surface area (Å²) in [6, 6.07) is 5.98. The number of hydrogen-bond donors (Lipinski definition) is 1. The van der Waals surface area contributed by atoms with Gasteiger partial charge in [-0.2, -0.15) is 0 Å². The third-order valence-electron chi connectivity index (χ3n) is 4.94. The fraction of sp³-hybridized carbons (Fsp3) is 0.579. The van der Waals surface area contributed by atoms with Crippen LogP contribution in [-0.2, 0) is 6.54 Å². The van der Waals surface area contributed by atoms with Crippen molar-refractivity contribution in [2.75, 3.05) is 26.2 Å². The summed E-state index contributed by atoms with van der Waals surface area (Å²) < 4.78 is 2.78. The molecule has 1 aliphatic heterocycles. The molecule has 0 radical (unpaired) electrons. The Balaban J connectivity index is 2.12. The molecule has 1 aliphatic rings. The summed E-state index contributed by atoms with van der Waals surface area (Å²) in [4.78, 5) is 20.5. The monoisotopic (exact) mass is 406 g/mol. The third kappa shape index (κ3) is 3.96. The van der Waals surface area contributed by atoms with Crippen LogP contribution in [-0.4, -0.2) is 40.6 Å². The number of hydrogen-bond acceptors (Lipinski definition) is 4. The Morgan fingerprint density at radius 1 is 1.28 bits per heavy atom. The molecule has 1 N–H and O–H groups in total. The fourth-order valence-corrected chi connectivity index (χ4v) is 4.06. The van der Waals surface area contributed by atoms with E-state index in [9.17, 15) is 4.79 Å². The lowest BCUT2D eigenvalue weighted by Crippen LogP contribution is -2.37. The van der Waals surface area contributed by atoms with Gasteiger partial charge >= 0.3 is 0 Å². The van der Waals surface area contributed by atoms with Gasteiger partial charge in [-0.3, -0.25) is 14.3 Å². The van der Waals surface area contributed by atoms with Gasteiger partial charge in [0.15, 0.2) is 0 Å². The quantitative estimate of drug-likeness (QED) is 0.827. The van der Waals surface area contributed by atoms with Crippen molar-refractivity contribution in [2.24, 2.45) is 0 Å². The van der Waals surface area contributed by atoms with Crippen LogP contribution in [0.4, 0.5) is 0 Å². The van der Waals surface area contributed by atoms with E-state index in [1.165, 1.54) is 0 Å². The van der Waals surface area contributed by atoms with Crippen LogP contribution in [0.5, 0.6) is 0 Å². The van der Waals surface area contributed by atoms with E-state index >= 15 is 0 Å². The Hall–Kier alpha value is -1.24. The lowest BCUT2D eigenvalue weighted by Gasteiger charge is -2.31. The maximum Gasteiger partial charge on any atom is 0.261 e. The first kappa shape index (κ1) is 18.5. The minimum Gasteiger partial charge on any atom is -0.315 e. The molecular formula is C19H27BrN4O. The van der Waals surface area contributed by atoms with Crippen LogP contribution in [0.1, 0.15) is 45.0 Å². The molecule has 1 unspecified atom stereocenters. The van der Waals surface area contributed by atoms with Crippen molar-refractivity contribution >= 4 is 26.8 Å². The first-order valence-electron chi connectivity index (χ1n) is 9.30. The van der Waals surface area contributed by atoms with E-state index in [2.05, 4.69) is 33.1 Å². The predicted molar refractivity (Wildman–Crippen MR) is 106 cm³/mol. The molecule has 2 heterocycles. The van der Waals surface area contributed by atoms with Crippen molar-refractivity contribution < 1.29 is 0 Å². The standard InChI is InChI=1S/C19H27BrN4O/c1-3-6-17(23-11-5-9-21-10-12-23)18-22-16-8-7-14(20)13-15(16)19(25)24(18)4-2/h7-8,13,17,21H,3-6,9-12H2,1-2H3. The predicted octanol–water partition coefficient (Wildman–Crippen LogP) is 3.32. The molecule has 136 valence electrons. The lowest BCUT2D eigenvalue weighted by atomic mass is 10.1. The summed E-state index contributed by atoms with van der Waals surface area (Å²) in [6.45, 7) is 9.00. The molecule has 6 heteroatoms. The molecule has 1 saturated heterocycles. The summed E-state index contributed by atoms with van der Waals surface area (Å²) in [5.41, 5.74) is 0.861. The largest absolute Gasteiger partial charge is 0.315 e. The van der Waals surface area contributed by atoms with Gasteiger partial charge in [0.25, 0.3) is 5.56 Å². The number of nitrogens with zero attached hydrogens (tertiary/aromatic N) is 3. The second kappa shape index (κ2) is 8.43. The van der Waals surface area contributed by atoms with Crippen molar-refractivity contribution in [2.45, 2.75) is 45.7 Å². The number of halogens is 1. The van der Waals surface area contributed by atoms with Crippen molar-refractivity contribution in [1.82, 2.24) is 19.8 Å². The van der Waals surface area contributed by atoms with Crippen LogP contribution in [0.25, 0.3) is 10.9 Å². The highest BCUT2D eigenvalue weighted by Gasteiger charge is 2.25. The average Bonchev–Trinajstić information content (AvgIpc) is 2.89. The molecule has 0 aliphatic carbocycles. The highest BCUT2D eigenvalue weighted by Crippen LogP contribution is 2.26. The zero-order valence-electron chi connectivity index (χ0n) is 15.1. The minimum absolute atomic E-state index is 0.0675. The Morgan fingerprint density at radius 2 is 2.12 bits per heavy atom. The Kier molecular flexibility index (Phi) is 6.25. The number of rotatable bonds is 5. The van der Waals surface area contributed by atoms with E-state index in [1.807, 2.05) is 29.7 Å². The fourth-order valence-electron chi connectivity index (χ4n) is 3.70. The minimum atomic E-state index is 0.0675. The highest BCUT2D eigenvalue weighted by atomic mass is 79.9. The normalized spacial score (nSPS) is 17.6. The van der Waals surface area contributed by atoms with E-state index in [4.69, 9.17) is 4.98 Å². The molecule has 1 aromatic carbocycles. The molecular weight excluding hydrogens is 380 g/mol. The molecule has 0 spiro atoms. The second-order valence-electron chi connectivity index (χ2n) is 6.62. The van der Waals surface area contributed by atoms with Gasteiger partial charge in [-0.05, 0) is 44.5 Å². The number of benzene rings is 1. The van der Waals surface area contributed by atoms with Crippen LogP contribution in [0, 0.1) is 0 Å². The maximum atomic E-state index is 13.1. The van der Waals surface area contributed by atoms with E-state index in [0.717, 1.165) is 61.3 Å². The van der Waals surface area contributed by atoms with E-state index < -0.39 is 0 Å². The molecule has 1 fully saturated rings. The van der Waals surface area contributed by atoms with Gasteiger partial charge in [-0.25, -0.2) is 4.98 Å². The molecule has 1 aromatic heterocycles. The first-order valence-corrected chi connectivity index (χ1v) is 10.1. The summed E-state index contributed by atoms with van der Waals surface area (Å²) in [5.74, 6) is 0.922. The van der Waals surface area contributed by atoms with Crippen molar-refractivity contribution in [3.63, 3.8) is 0 Å². The van der Waals surface area contributed by atoms with Crippen molar-refractivity contribution in [3.8, 4) is 0 Å². The first-order chi connectivity index (χ1) is 12.2. The average molecular weight is 407 g/mol. The molecule has 0 amide bonds. The zero-order valence-corrected chi connectivity index (χ0v) is 16.7. The summed E-state index contributed by atoms with van der Waals surface area (Å²) >= 11 is 3.47. The Morgan fingerprint density at radius 3 is 2.88 bits per heavy atom. The van der Waals surface area contributed by atoms with Gasteiger partial charge in [0.2, 0.25) is 0 Å². The van der Waals surface area contributed by atoms with Crippen LogP contribution in [0.3, 0.4) is 0 Å². The van der Waals surface area contributed by atoms with E-state index in [1.54, 1.807) is 0 Å². The molecule has 0 bridgehead atoms. The topological polar surface area (TPSA) is 50.2 Å². The lowest BCUT2D eigenvalue weighted by molar-refractivity contribution is 0.185. The van der Waals surface area contributed by atoms with E-state index in [0.29, 0.717) is 11.9 Å². The SMILES string of the molecule is CCCC(c1nc2ccc(Br)cc2c(=O)n1CC)N1CCCNCC1.